The van der Waals surface area contributed by atoms with E-state index >= 15 is 0 Å². The number of rotatable bonds is 3. The van der Waals surface area contributed by atoms with Crippen LogP contribution in [-0.2, 0) is 0 Å². The van der Waals surface area contributed by atoms with Gasteiger partial charge in [-0.05, 0) is 7.05 Å². The highest BCUT2D eigenvalue weighted by atomic mass is 32.1. The van der Waals surface area contributed by atoms with Crippen LogP contribution in [0.4, 0.5) is 0 Å². The summed E-state index contributed by atoms with van der Waals surface area (Å²) in [5.74, 6) is 0. The summed E-state index contributed by atoms with van der Waals surface area (Å²) in [5.41, 5.74) is 0. The molecule has 3 nitrogen and oxygen atoms in total. The Labute approximate surface area is 74.3 Å². The molecule has 0 aromatic heterocycles. The number of hydrogen-bond donors (Lipinski definition) is 2. The van der Waals surface area contributed by atoms with Gasteiger partial charge in [0.05, 0.1) is 0 Å². The number of likely N-dealkylation sites (N-methyl/N-ethyl adjacent to an activating group) is 1. The Morgan fingerprint density at radius 1 is 1.27 bits per heavy atom. The van der Waals surface area contributed by atoms with Gasteiger partial charge in [0.25, 0.3) is 0 Å². The molecule has 4 heteroatoms. The summed E-state index contributed by atoms with van der Waals surface area (Å²) in [6, 6.07) is 0. The number of thiol groups is 1. The van der Waals surface area contributed by atoms with Crippen molar-refractivity contribution in [2.24, 2.45) is 0 Å². The second-order valence-electron chi connectivity index (χ2n) is 3.05. The van der Waals surface area contributed by atoms with Crippen LogP contribution in [0.15, 0.2) is 0 Å². The van der Waals surface area contributed by atoms with Crippen molar-refractivity contribution >= 4 is 12.8 Å². The summed E-state index contributed by atoms with van der Waals surface area (Å²) in [6.45, 7) is 6.90. The van der Waals surface area contributed by atoms with Crippen LogP contribution in [0.1, 0.15) is 0 Å². The van der Waals surface area contributed by atoms with Gasteiger partial charge in [0.2, 0.25) is 0 Å². The van der Waals surface area contributed by atoms with E-state index in [0.29, 0.717) is 0 Å². The molecule has 66 valence electrons. The highest BCUT2D eigenvalue weighted by molar-refractivity contribution is 7.78. The lowest BCUT2D eigenvalue weighted by Crippen LogP contribution is -2.45. The second kappa shape index (κ2) is 4.98. The van der Waals surface area contributed by atoms with Crippen LogP contribution in [0.3, 0.4) is 0 Å². The topological polar surface area (TPSA) is 18.5 Å². The monoisotopic (exact) mass is 175 g/mol. The fourth-order valence-electron chi connectivity index (χ4n) is 1.28. The molecule has 1 aliphatic heterocycles. The fourth-order valence-corrected chi connectivity index (χ4v) is 1.38. The molecule has 1 fully saturated rings. The zero-order valence-electron chi connectivity index (χ0n) is 7.08. The smallest absolute Gasteiger partial charge is 0.0184 e. The largest absolute Gasteiger partial charge is 0.304 e. The molecule has 0 amide bonds. The van der Waals surface area contributed by atoms with Gasteiger partial charge in [-0.25, -0.2) is 0 Å². The predicted octanol–water partition coefficient (Wildman–Crippen LogP) is -0.332. The normalized spacial score (nSPS) is 22.4. The summed E-state index contributed by atoms with van der Waals surface area (Å²) in [6.07, 6.45) is 0. The van der Waals surface area contributed by atoms with Crippen LogP contribution in [0.25, 0.3) is 0 Å². The van der Waals surface area contributed by atoms with Gasteiger partial charge >= 0.3 is 0 Å². The van der Waals surface area contributed by atoms with Gasteiger partial charge in [0.15, 0.2) is 0 Å². The maximum Gasteiger partial charge on any atom is 0.0184 e. The zero-order valence-corrected chi connectivity index (χ0v) is 7.98. The van der Waals surface area contributed by atoms with Crippen molar-refractivity contribution in [3.05, 3.63) is 0 Å². The van der Waals surface area contributed by atoms with Gasteiger partial charge in [-0.2, -0.15) is 0 Å². The minimum Gasteiger partial charge on any atom is -0.304 e. The van der Waals surface area contributed by atoms with Crippen LogP contribution >= 0.6 is 12.8 Å². The van der Waals surface area contributed by atoms with E-state index in [1.54, 1.807) is 0 Å². The Morgan fingerprint density at radius 2 is 1.91 bits per heavy atom. The van der Waals surface area contributed by atoms with Crippen molar-refractivity contribution in [3.8, 4) is 0 Å². The van der Waals surface area contributed by atoms with Crippen LogP contribution in [0.2, 0.25) is 0 Å². The van der Waals surface area contributed by atoms with E-state index in [1.165, 1.54) is 26.2 Å². The molecule has 1 saturated heterocycles. The maximum atomic E-state index is 3.95. The van der Waals surface area contributed by atoms with E-state index in [9.17, 15) is 0 Å². The fraction of sp³-hybridized carbons (Fsp3) is 1.00. The van der Waals surface area contributed by atoms with Crippen LogP contribution < -0.4 is 4.72 Å². The van der Waals surface area contributed by atoms with Crippen LogP contribution in [0, 0.1) is 0 Å². The third-order valence-electron chi connectivity index (χ3n) is 2.14. The van der Waals surface area contributed by atoms with Crippen molar-refractivity contribution in [3.63, 3.8) is 0 Å². The maximum absolute atomic E-state index is 3.95. The lowest BCUT2D eigenvalue weighted by molar-refractivity contribution is 0.156. The van der Waals surface area contributed by atoms with Crippen LogP contribution in [0.5, 0.6) is 0 Å². The third-order valence-corrected chi connectivity index (χ3v) is 2.36. The van der Waals surface area contributed by atoms with E-state index in [2.05, 4.69) is 34.4 Å². The molecule has 0 radical (unpaired) electrons. The van der Waals surface area contributed by atoms with Crippen molar-refractivity contribution < 1.29 is 0 Å². The number of hydrogen-bond acceptors (Lipinski definition) is 4. The van der Waals surface area contributed by atoms with Gasteiger partial charge in [-0.15, -0.1) is 0 Å². The van der Waals surface area contributed by atoms with E-state index < -0.39 is 0 Å². The third kappa shape index (κ3) is 3.42. The predicted molar refractivity (Wildman–Crippen MR) is 50.9 cm³/mol. The first-order valence-corrected chi connectivity index (χ1v) is 4.55. The first-order valence-electron chi connectivity index (χ1n) is 4.11. The molecule has 1 aliphatic rings. The van der Waals surface area contributed by atoms with Crippen molar-refractivity contribution in [2.45, 2.75) is 0 Å². The van der Waals surface area contributed by atoms with Gasteiger partial charge in [0.1, 0.15) is 0 Å². The van der Waals surface area contributed by atoms with Crippen molar-refractivity contribution in [2.75, 3.05) is 46.3 Å². The molecule has 0 aromatic carbocycles. The molecule has 0 saturated carbocycles. The van der Waals surface area contributed by atoms with Crippen LogP contribution in [-0.4, -0.2) is 56.1 Å². The van der Waals surface area contributed by atoms with E-state index in [-0.39, 0.29) is 0 Å². The molecule has 11 heavy (non-hydrogen) atoms. The van der Waals surface area contributed by atoms with Crippen molar-refractivity contribution in [1.82, 2.24) is 14.5 Å². The Hall–Kier alpha value is 0.230. The highest BCUT2D eigenvalue weighted by Gasteiger charge is 2.11. The molecule has 0 aliphatic carbocycles. The lowest BCUT2D eigenvalue weighted by Gasteiger charge is -2.32. The standard InChI is InChI=1S/C7H17N3S/c1-9-4-6-10(7-5-9)3-2-8-11/h8,11H,2-7H2,1H3. The molecule has 1 heterocycles. The quantitative estimate of drug-likeness (QED) is 0.573. The molecule has 1 rings (SSSR count). The van der Waals surface area contributed by atoms with Gasteiger partial charge in [-0.1, -0.05) is 12.8 Å². The highest BCUT2D eigenvalue weighted by Crippen LogP contribution is 1.97. The first-order chi connectivity index (χ1) is 5.33. The minimum atomic E-state index is 0.979. The number of nitrogens with zero attached hydrogens (tertiary/aromatic N) is 2. The summed E-state index contributed by atoms with van der Waals surface area (Å²) >= 11 is 3.95. The average molecular weight is 175 g/mol. The minimum absolute atomic E-state index is 0.979. The Kier molecular flexibility index (Phi) is 4.22. The Bertz CT molecular complexity index is 99.1. The summed E-state index contributed by atoms with van der Waals surface area (Å²) in [4.78, 5) is 4.83. The summed E-state index contributed by atoms with van der Waals surface area (Å²) in [5, 5.41) is 0. The zero-order chi connectivity index (χ0) is 8.10. The number of nitrogens with one attached hydrogen (secondary N) is 1. The molecular weight excluding hydrogens is 158 g/mol. The molecule has 0 spiro atoms. The molecule has 0 bridgehead atoms. The van der Waals surface area contributed by atoms with Gasteiger partial charge in [0, 0.05) is 39.3 Å². The van der Waals surface area contributed by atoms with Gasteiger partial charge < -0.3 is 4.90 Å². The SMILES string of the molecule is CN1CCN(CCNS)CC1. The Morgan fingerprint density at radius 3 is 2.45 bits per heavy atom. The first kappa shape index (κ1) is 9.32. The summed E-state index contributed by atoms with van der Waals surface area (Å²) < 4.78 is 2.87. The van der Waals surface area contributed by atoms with E-state index in [4.69, 9.17) is 0 Å². The second-order valence-corrected chi connectivity index (χ2v) is 3.37. The summed E-state index contributed by atoms with van der Waals surface area (Å²) in [7, 11) is 2.17. The van der Waals surface area contributed by atoms with E-state index in [0.717, 1.165) is 13.1 Å². The molecular formula is C7H17N3S. The Balaban J connectivity index is 2.07. The molecule has 0 aromatic rings. The van der Waals surface area contributed by atoms with Crippen molar-refractivity contribution in [1.29, 1.82) is 0 Å². The van der Waals surface area contributed by atoms with Gasteiger partial charge in [-0.3, -0.25) is 9.62 Å². The average Bonchev–Trinajstić information content (AvgIpc) is 2.04. The van der Waals surface area contributed by atoms with E-state index in [1.807, 2.05) is 0 Å². The molecule has 0 unspecified atom stereocenters. The lowest BCUT2D eigenvalue weighted by atomic mass is 10.3. The molecule has 0 atom stereocenters. The molecule has 1 N–H and O–H groups in total. The number of piperazine rings is 1.